The number of aromatic nitrogens is 2. The Morgan fingerprint density at radius 2 is 1.68 bits per heavy atom. The maximum absolute atomic E-state index is 13.1. The highest BCUT2D eigenvalue weighted by Crippen LogP contribution is 2.19. The van der Waals surface area contributed by atoms with Crippen molar-refractivity contribution in [3.05, 3.63) is 60.2 Å². The zero-order chi connectivity index (χ0) is 22.7. The molecule has 0 saturated carbocycles. The molecule has 0 bridgehead atoms. The Bertz CT molecular complexity index is 809. The number of ether oxygens (including phenoxy) is 2. The van der Waals surface area contributed by atoms with Crippen LogP contribution in [-0.2, 0) is 27.4 Å². The Morgan fingerprint density at radius 3 is 2.23 bits per heavy atom. The zero-order valence-electron chi connectivity index (χ0n) is 18.5. The van der Waals surface area contributed by atoms with Crippen molar-refractivity contribution >= 4 is 12.1 Å². The van der Waals surface area contributed by atoms with Crippen LogP contribution in [0.4, 0.5) is 4.79 Å². The molecule has 0 fully saturated rings. The summed E-state index contributed by atoms with van der Waals surface area (Å²) in [6.45, 7) is 6.01. The van der Waals surface area contributed by atoms with Gasteiger partial charge in [-0.1, -0.05) is 12.1 Å². The van der Waals surface area contributed by atoms with Crippen molar-refractivity contribution in [1.29, 1.82) is 0 Å². The number of rotatable bonds is 10. The number of nitrogens with two attached hydrogens (primary N) is 1. The second-order valence-corrected chi connectivity index (χ2v) is 8.16. The van der Waals surface area contributed by atoms with E-state index >= 15 is 0 Å². The molecule has 0 radical (unpaired) electrons. The molecule has 1 atom stereocenters. The van der Waals surface area contributed by atoms with E-state index in [1.807, 2.05) is 12.1 Å². The largest absolute Gasteiger partial charge is 0.458 e. The van der Waals surface area contributed by atoms with E-state index in [0.717, 1.165) is 6.42 Å². The average Bonchev–Trinajstić information content (AvgIpc) is 2.74. The van der Waals surface area contributed by atoms with Crippen molar-refractivity contribution in [1.82, 2.24) is 14.9 Å². The summed E-state index contributed by atoms with van der Waals surface area (Å²) in [7, 11) is 0. The molecule has 0 saturated heterocycles. The van der Waals surface area contributed by atoms with Gasteiger partial charge >= 0.3 is 12.1 Å². The van der Waals surface area contributed by atoms with E-state index in [1.165, 1.54) is 4.90 Å². The third-order valence-electron chi connectivity index (χ3n) is 4.35. The van der Waals surface area contributed by atoms with Crippen molar-refractivity contribution in [2.45, 2.75) is 64.8 Å². The fourth-order valence-electron chi connectivity index (χ4n) is 2.90. The number of hydrogen-bond donors (Lipinski definition) is 1. The monoisotopic (exact) mass is 428 g/mol. The summed E-state index contributed by atoms with van der Waals surface area (Å²) in [5.74, 6) is -0.510. The number of amides is 1. The molecule has 168 valence electrons. The van der Waals surface area contributed by atoms with E-state index in [-0.39, 0.29) is 13.2 Å². The van der Waals surface area contributed by atoms with Gasteiger partial charge in [-0.15, -0.1) is 0 Å². The Balaban J connectivity index is 2.24. The van der Waals surface area contributed by atoms with Gasteiger partial charge in [-0.25, -0.2) is 9.59 Å². The number of unbranched alkanes of at least 4 members (excludes halogenated alkanes) is 1. The molecule has 1 amide bonds. The van der Waals surface area contributed by atoms with Gasteiger partial charge in [-0.2, -0.15) is 0 Å². The summed E-state index contributed by atoms with van der Waals surface area (Å²) >= 11 is 0. The van der Waals surface area contributed by atoms with E-state index < -0.39 is 23.7 Å². The second-order valence-electron chi connectivity index (χ2n) is 8.16. The molecule has 2 N–H and O–H groups in total. The first-order chi connectivity index (χ1) is 14.8. The van der Waals surface area contributed by atoms with Crippen LogP contribution in [0.3, 0.4) is 0 Å². The van der Waals surface area contributed by atoms with Crippen LogP contribution in [0.5, 0.6) is 0 Å². The van der Waals surface area contributed by atoms with E-state index in [4.69, 9.17) is 15.2 Å². The van der Waals surface area contributed by atoms with Crippen LogP contribution in [0.15, 0.2) is 48.8 Å². The summed E-state index contributed by atoms with van der Waals surface area (Å²) in [6.07, 6.45) is 4.49. The highest BCUT2D eigenvalue weighted by Gasteiger charge is 2.34. The maximum Gasteiger partial charge on any atom is 0.411 e. The highest BCUT2D eigenvalue weighted by atomic mass is 16.6. The van der Waals surface area contributed by atoms with Gasteiger partial charge in [0.15, 0.2) is 0 Å². The van der Waals surface area contributed by atoms with E-state index in [9.17, 15) is 9.59 Å². The molecule has 8 nitrogen and oxygen atoms in total. The van der Waals surface area contributed by atoms with Gasteiger partial charge in [0, 0.05) is 12.4 Å². The van der Waals surface area contributed by atoms with Crippen LogP contribution in [0, 0.1) is 0 Å². The summed E-state index contributed by atoms with van der Waals surface area (Å²) in [5.41, 5.74) is 6.20. The first-order valence-corrected chi connectivity index (χ1v) is 10.5. The smallest absolute Gasteiger partial charge is 0.411 e. The Hall–Kier alpha value is -3.00. The normalized spacial score (nSPS) is 12.1. The molecule has 2 aromatic heterocycles. The Morgan fingerprint density at radius 1 is 1.03 bits per heavy atom. The number of nitrogens with zero attached hydrogens (tertiary/aromatic N) is 3. The molecule has 0 aliphatic rings. The van der Waals surface area contributed by atoms with Crippen molar-refractivity contribution in [2.24, 2.45) is 5.73 Å². The van der Waals surface area contributed by atoms with Gasteiger partial charge in [0.2, 0.25) is 0 Å². The first-order valence-electron chi connectivity index (χ1n) is 10.5. The van der Waals surface area contributed by atoms with Crippen molar-refractivity contribution in [3.8, 4) is 0 Å². The Kier molecular flexibility index (Phi) is 9.40. The predicted octanol–water partition coefficient (Wildman–Crippen LogP) is 3.45. The molecule has 2 rings (SSSR count). The van der Waals surface area contributed by atoms with Crippen LogP contribution >= 0.6 is 0 Å². The molecule has 0 spiro atoms. The van der Waals surface area contributed by atoms with Crippen molar-refractivity contribution < 1.29 is 19.1 Å². The number of pyridine rings is 2. The van der Waals surface area contributed by atoms with Crippen LogP contribution in [0.2, 0.25) is 0 Å². The van der Waals surface area contributed by atoms with Gasteiger partial charge in [-0.3, -0.25) is 14.9 Å². The van der Waals surface area contributed by atoms with Crippen LogP contribution in [-0.4, -0.2) is 45.1 Å². The van der Waals surface area contributed by atoms with Crippen LogP contribution < -0.4 is 5.73 Å². The van der Waals surface area contributed by atoms with E-state index in [2.05, 4.69) is 9.97 Å². The van der Waals surface area contributed by atoms with Crippen molar-refractivity contribution in [2.75, 3.05) is 6.54 Å². The topological polar surface area (TPSA) is 108 Å². The van der Waals surface area contributed by atoms with Gasteiger partial charge < -0.3 is 15.2 Å². The van der Waals surface area contributed by atoms with Gasteiger partial charge in [0.25, 0.3) is 0 Å². The lowest BCUT2D eigenvalue weighted by atomic mass is 10.1. The molecule has 31 heavy (non-hydrogen) atoms. The van der Waals surface area contributed by atoms with E-state index in [1.54, 1.807) is 57.4 Å². The molecule has 0 aliphatic carbocycles. The summed E-state index contributed by atoms with van der Waals surface area (Å²) in [5, 5.41) is 0. The lowest BCUT2D eigenvalue weighted by Crippen LogP contribution is -2.47. The maximum atomic E-state index is 13.1. The van der Waals surface area contributed by atoms with Crippen LogP contribution in [0.1, 0.15) is 51.4 Å². The molecular formula is C23H32N4O4. The quantitative estimate of drug-likeness (QED) is 0.456. The third kappa shape index (κ3) is 8.72. The lowest BCUT2D eigenvalue weighted by Gasteiger charge is -2.32. The zero-order valence-corrected chi connectivity index (χ0v) is 18.5. The number of hydrogen-bond acceptors (Lipinski definition) is 7. The number of carbonyl (C=O) groups is 2. The molecule has 0 aromatic carbocycles. The second kappa shape index (κ2) is 12.0. The molecular weight excluding hydrogens is 396 g/mol. The summed E-state index contributed by atoms with van der Waals surface area (Å²) in [4.78, 5) is 36.0. The first kappa shape index (κ1) is 24.3. The van der Waals surface area contributed by atoms with Crippen LogP contribution in [0.25, 0.3) is 0 Å². The molecule has 2 aromatic rings. The number of esters is 1. The fraction of sp³-hybridized carbons (Fsp3) is 0.478. The molecule has 2 heterocycles. The van der Waals surface area contributed by atoms with Gasteiger partial charge in [0.1, 0.15) is 18.2 Å². The molecule has 0 aliphatic heterocycles. The minimum atomic E-state index is -0.827. The third-order valence-corrected chi connectivity index (χ3v) is 4.35. The summed E-state index contributed by atoms with van der Waals surface area (Å²) in [6, 6.07) is 9.98. The Labute approximate surface area is 183 Å². The fourth-order valence-corrected chi connectivity index (χ4v) is 2.90. The van der Waals surface area contributed by atoms with Crippen molar-refractivity contribution in [3.63, 3.8) is 0 Å². The molecule has 8 heteroatoms. The summed E-state index contributed by atoms with van der Waals surface area (Å²) < 4.78 is 11.1. The average molecular weight is 429 g/mol. The predicted molar refractivity (Wildman–Crippen MR) is 117 cm³/mol. The van der Waals surface area contributed by atoms with E-state index in [0.29, 0.717) is 30.8 Å². The van der Waals surface area contributed by atoms with Gasteiger partial charge in [-0.05, 0) is 70.8 Å². The molecule has 0 unspecified atom stereocenters. The SMILES string of the molecule is CC(C)(C)OC(=O)N(Cc1ccccn1)[C@@H](CCCCN)C(=O)OCc1ccccn1. The minimum Gasteiger partial charge on any atom is -0.458 e. The number of carbonyl (C=O) groups excluding carboxylic acids is 2. The van der Waals surface area contributed by atoms with Gasteiger partial charge in [0.05, 0.1) is 17.9 Å². The highest BCUT2D eigenvalue weighted by molar-refractivity contribution is 5.81. The lowest BCUT2D eigenvalue weighted by molar-refractivity contribution is -0.152. The minimum absolute atomic E-state index is 0.0266. The standard InChI is InChI=1S/C23H32N4O4/c1-23(2,3)31-22(29)27(16-18-10-5-8-14-25-18)20(12-4-7-13-24)21(28)30-17-19-11-6-9-15-26-19/h5-6,8-11,14-15,20H,4,7,12-13,16-17,24H2,1-3H3/t20-/m0/s1.